The van der Waals surface area contributed by atoms with Gasteiger partial charge < -0.3 is 19.5 Å². The molecular formula is C22H28N2O6S. The van der Waals surface area contributed by atoms with Crippen LogP contribution in [0.25, 0.3) is 0 Å². The van der Waals surface area contributed by atoms with Crippen molar-refractivity contribution in [1.82, 2.24) is 9.62 Å². The Labute approximate surface area is 183 Å². The molecule has 0 unspecified atom stereocenters. The molecule has 2 aromatic rings. The van der Waals surface area contributed by atoms with E-state index in [9.17, 15) is 13.2 Å². The van der Waals surface area contributed by atoms with E-state index in [1.165, 1.54) is 16.4 Å². The number of nitrogens with one attached hydrogen (secondary N) is 1. The van der Waals surface area contributed by atoms with E-state index in [0.29, 0.717) is 44.3 Å². The normalized spacial score (nSPS) is 14.8. The summed E-state index contributed by atoms with van der Waals surface area (Å²) in [6.45, 7) is 5.95. The van der Waals surface area contributed by atoms with Crippen molar-refractivity contribution in [2.75, 3.05) is 46.1 Å². The number of amides is 1. The maximum absolute atomic E-state index is 12.6. The SMILES string of the molecule is Cc1ccc(OCC(=O)NCCOc2ccc(S(=O)(=O)N3CCOCC3)cc2)c(C)c1. The summed E-state index contributed by atoms with van der Waals surface area (Å²) in [4.78, 5) is 12.2. The van der Waals surface area contributed by atoms with Crippen LogP contribution in [0.15, 0.2) is 47.4 Å². The van der Waals surface area contributed by atoms with E-state index in [1.54, 1.807) is 12.1 Å². The molecule has 0 atom stereocenters. The van der Waals surface area contributed by atoms with Crippen LogP contribution in [-0.2, 0) is 19.6 Å². The van der Waals surface area contributed by atoms with E-state index < -0.39 is 10.0 Å². The first-order valence-corrected chi connectivity index (χ1v) is 11.6. The second-order valence-electron chi connectivity index (χ2n) is 7.24. The van der Waals surface area contributed by atoms with Crippen LogP contribution in [0, 0.1) is 13.8 Å². The Morgan fingerprint density at radius 1 is 1.06 bits per heavy atom. The number of ether oxygens (including phenoxy) is 3. The number of hydrogen-bond acceptors (Lipinski definition) is 6. The zero-order chi connectivity index (χ0) is 22.3. The fourth-order valence-corrected chi connectivity index (χ4v) is 4.57. The van der Waals surface area contributed by atoms with Crippen molar-refractivity contribution < 1.29 is 27.4 Å². The molecule has 0 bridgehead atoms. The van der Waals surface area contributed by atoms with Gasteiger partial charge in [-0.3, -0.25) is 4.79 Å². The Morgan fingerprint density at radius 2 is 1.77 bits per heavy atom. The summed E-state index contributed by atoms with van der Waals surface area (Å²) in [6.07, 6.45) is 0. The Morgan fingerprint density at radius 3 is 2.45 bits per heavy atom. The maximum Gasteiger partial charge on any atom is 0.258 e. The topological polar surface area (TPSA) is 94.2 Å². The first-order valence-electron chi connectivity index (χ1n) is 10.1. The lowest BCUT2D eigenvalue weighted by molar-refractivity contribution is -0.123. The lowest BCUT2D eigenvalue weighted by atomic mass is 10.1. The molecule has 3 rings (SSSR count). The van der Waals surface area contributed by atoms with Crippen molar-refractivity contribution in [3.63, 3.8) is 0 Å². The molecule has 1 aliphatic heterocycles. The van der Waals surface area contributed by atoms with Gasteiger partial charge in [-0.15, -0.1) is 0 Å². The fourth-order valence-electron chi connectivity index (χ4n) is 3.16. The van der Waals surface area contributed by atoms with Gasteiger partial charge in [-0.05, 0) is 49.7 Å². The molecule has 0 spiro atoms. The van der Waals surface area contributed by atoms with Crippen molar-refractivity contribution in [2.24, 2.45) is 0 Å². The van der Waals surface area contributed by atoms with Gasteiger partial charge in [0.25, 0.3) is 5.91 Å². The Hall–Kier alpha value is -2.62. The van der Waals surface area contributed by atoms with Crippen LogP contribution in [0.2, 0.25) is 0 Å². The lowest BCUT2D eigenvalue weighted by Gasteiger charge is -2.26. The molecule has 0 aliphatic carbocycles. The molecule has 8 nitrogen and oxygen atoms in total. The van der Waals surface area contributed by atoms with Gasteiger partial charge in [-0.2, -0.15) is 4.31 Å². The van der Waals surface area contributed by atoms with Crippen molar-refractivity contribution in [2.45, 2.75) is 18.7 Å². The summed E-state index contributed by atoms with van der Waals surface area (Å²) < 4.78 is 43.0. The summed E-state index contributed by atoms with van der Waals surface area (Å²) in [5, 5.41) is 2.73. The number of hydrogen-bond donors (Lipinski definition) is 1. The van der Waals surface area contributed by atoms with Crippen LogP contribution >= 0.6 is 0 Å². The van der Waals surface area contributed by atoms with Gasteiger partial charge in [-0.1, -0.05) is 17.7 Å². The number of carbonyl (C=O) groups is 1. The number of aryl methyl sites for hydroxylation is 2. The van der Waals surface area contributed by atoms with E-state index in [-0.39, 0.29) is 24.0 Å². The molecule has 1 heterocycles. The molecule has 0 radical (unpaired) electrons. The smallest absolute Gasteiger partial charge is 0.258 e. The molecule has 1 N–H and O–H groups in total. The second-order valence-corrected chi connectivity index (χ2v) is 9.18. The number of nitrogens with zero attached hydrogens (tertiary/aromatic N) is 1. The minimum atomic E-state index is -3.52. The Bertz CT molecular complexity index is 986. The van der Waals surface area contributed by atoms with Gasteiger partial charge in [0.2, 0.25) is 10.0 Å². The third-order valence-electron chi connectivity index (χ3n) is 4.81. The highest BCUT2D eigenvalue weighted by Gasteiger charge is 2.26. The Balaban J connectivity index is 1.40. The van der Waals surface area contributed by atoms with Crippen LogP contribution in [0.4, 0.5) is 0 Å². The minimum absolute atomic E-state index is 0.0714. The number of rotatable bonds is 9. The molecule has 0 aromatic heterocycles. The van der Waals surface area contributed by atoms with Crippen LogP contribution in [0.5, 0.6) is 11.5 Å². The highest BCUT2D eigenvalue weighted by Crippen LogP contribution is 2.20. The van der Waals surface area contributed by atoms with E-state index in [0.717, 1.165) is 11.1 Å². The van der Waals surface area contributed by atoms with E-state index in [1.807, 2.05) is 32.0 Å². The zero-order valence-electron chi connectivity index (χ0n) is 17.8. The van der Waals surface area contributed by atoms with Crippen LogP contribution in [0.1, 0.15) is 11.1 Å². The molecule has 1 aliphatic rings. The maximum atomic E-state index is 12.6. The Kier molecular flexibility index (Phi) is 7.89. The monoisotopic (exact) mass is 448 g/mol. The zero-order valence-corrected chi connectivity index (χ0v) is 18.6. The van der Waals surface area contributed by atoms with Crippen molar-refractivity contribution in [1.29, 1.82) is 0 Å². The average molecular weight is 449 g/mol. The minimum Gasteiger partial charge on any atom is -0.492 e. The third-order valence-corrected chi connectivity index (χ3v) is 6.73. The number of benzene rings is 2. The number of carbonyl (C=O) groups excluding carboxylic acids is 1. The van der Waals surface area contributed by atoms with E-state index in [4.69, 9.17) is 14.2 Å². The van der Waals surface area contributed by atoms with Gasteiger partial charge in [0, 0.05) is 13.1 Å². The molecule has 2 aromatic carbocycles. The van der Waals surface area contributed by atoms with Crippen molar-refractivity contribution in [3.05, 3.63) is 53.6 Å². The highest BCUT2D eigenvalue weighted by molar-refractivity contribution is 7.89. The van der Waals surface area contributed by atoms with E-state index in [2.05, 4.69) is 5.32 Å². The molecule has 1 fully saturated rings. The standard InChI is InChI=1S/C22H28N2O6S/c1-17-3-8-21(18(2)15-17)30-16-22(25)23-9-12-29-19-4-6-20(7-5-19)31(26,27)24-10-13-28-14-11-24/h3-8,15H,9-14,16H2,1-2H3,(H,23,25). The number of morpholine rings is 1. The number of sulfonamides is 1. The van der Waals surface area contributed by atoms with Crippen molar-refractivity contribution in [3.8, 4) is 11.5 Å². The van der Waals surface area contributed by atoms with Gasteiger partial charge >= 0.3 is 0 Å². The van der Waals surface area contributed by atoms with Crippen LogP contribution in [0.3, 0.4) is 0 Å². The molecule has 0 saturated carbocycles. The van der Waals surface area contributed by atoms with Gasteiger partial charge in [0.1, 0.15) is 18.1 Å². The largest absolute Gasteiger partial charge is 0.492 e. The summed E-state index contributed by atoms with van der Waals surface area (Å²) in [5.74, 6) is 0.973. The summed E-state index contributed by atoms with van der Waals surface area (Å²) in [7, 11) is -3.52. The van der Waals surface area contributed by atoms with Gasteiger partial charge in [0.05, 0.1) is 24.7 Å². The summed E-state index contributed by atoms with van der Waals surface area (Å²) >= 11 is 0. The summed E-state index contributed by atoms with van der Waals surface area (Å²) in [6, 6.07) is 12.1. The van der Waals surface area contributed by atoms with Gasteiger partial charge in [0.15, 0.2) is 6.61 Å². The van der Waals surface area contributed by atoms with Gasteiger partial charge in [-0.25, -0.2) is 8.42 Å². The summed E-state index contributed by atoms with van der Waals surface area (Å²) in [5.41, 5.74) is 2.12. The predicted octanol–water partition coefficient (Wildman–Crippen LogP) is 1.90. The molecular weight excluding hydrogens is 420 g/mol. The highest BCUT2D eigenvalue weighted by atomic mass is 32.2. The third kappa shape index (κ3) is 6.43. The molecule has 168 valence electrons. The molecule has 1 saturated heterocycles. The first kappa shape index (κ1) is 23.1. The molecule has 9 heteroatoms. The van der Waals surface area contributed by atoms with Crippen LogP contribution < -0.4 is 14.8 Å². The quantitative estimate of drug-likeness (QED) is 0.589. The van der Waals surface area contributed by atoms with E-state index >= 15 is 0 Å². The fraction of sp³-hybridized carbons (Fsp3) is 0.409. The second kappa shape index (κ2) is 10.6. The van der Waals surface area contributed by atoms with Crippen LogP contribution in [-0.4, -0.2) is 64.7 Å². The van der Waals surface area contributed by atoms with Crippen molar-refractivity contribution >= 4 is 15.9 Å². The average Bonchev–Trinajstić information content (AvgIpc) is 2.77. The predicted molar refractivity (Wildman–Crippen MR) is 116 cm³/mol. The first-order chi connectivity index (χ1) is 14.9. The molecule has 31 heavy (non-hydrogen) atoms. The molecule has 1 amide bonds. The lowest BCUT2D eigenvalue weighted by Crippen LogP contribution is -2.40.